The smallest absolute Gasteiger partial charge is 0.206 e. The van der Waals surface area contributed by atoms with Gasteiger partial charge < -0.3 is 4.90 Å². The van der Waals surface area contributed by atoms with Crippen LogP contribution >= 0.6 is 23.6 Å². The first-order valence-electron chi connectivity index (χ1n) is 4.97. The lowest BCUT2D eigenvalue weighted by Crippen LogP contribution is -2.38. The summed E-state index contributed by atoms with van der Waals surface area (Å²) in [5.41, 5.74) is 0. The summed E-state index contributed by atoms with van der Waals surface area (Å²) in [6.07, 6.45) is 1.26. The summed E-state index contributed by atoms with van der Waals surface area (Å²) in [4.78, 5) is 2.33. The van der Waals surface area contributed by atoms with E-state index in [-0.39, 0.29) is 0 Å². The molecule has 3 nitrogen and oxygen atoms in total. The molecule has 14 heavy (non-hydrogen) atoms. The lowest BCUT2D eigenvalue weighted by Gasteiger charge is -2.34. The Balaban J connectivity index is 2.10. The topological polar surface area (TPSA) is 31.9 Å². The van der Waals surface area contributed by atoms with Crippen LogP contribution in [0, 0.1) is 15.8 Å². The molecular weight excluding hydrogens is 214 g/mol. The molecule has 2 atom stereocenters. The molecule has 0 saturated carbocycles. The van der Waals surface area contributed by atoms with Crippen LogP contribution in [0.25, 0.3) is 0 Å². The highest BCUT2D eigenvalue weighted by molar-refractivity contribution is 7.73. The number of hydrogen-bond acceptors (Lipinski definition) is 4. The van der Waals surface area contributed by atoms with Crippen LogP contribution in [0.4, 0.5) is 5.13 Å². The number of rotatable bonds is 1. The summed E-state index contributed by atoms with van der Waals surface area (Å²) < 4.78 is 0.770. The number of aromatic amines is 1. The van der Waals surface area contributed by atoms with E-state index in [1.165, 1.54) is 6.42 Å². The highest BCUT2D eigenvalue weighted by atomic mass is 32.1. The van der Waals surface area contributed by atoms with Crippen molar-refractivity contribution in [1.82, 2.24) is 10.2 Å². The van der Waals surface area contributed by atoms with Gasteiger partial charge in [-0.1, -0.05) is 25.2 Å². The van der Waals surface area contributed by atoms with E-state index in [1.54, 1.807) is 11.3 Å². The van der Waals surface area contributed by atoms with Crippen LogP contribution in [-0.4, -0.2) is 23.3 Å². The Kier molecular flexibility index (Phi) is 2.88. The summed E-state index contributed by atoms with van der Waals surface area (Å²) in [5, 5.41) is 8.10. The van der Waals surface area contributed by atoms with E-state index in [2.05, 4.69) is 28.9 Å². The van der Waals surface area contributed by atoms with Crippen LogP contribution in [-0.2, 0) is 0 Å². The summed E-state index contributed by atoms with van der Waals surface area (Å²) in [7, 11) is 0. The van der Waals surface area contributed by atoms with E-state index in [9.17, 15) is 0 Å². The number of piperidine rings is 1. The van der Waals surface area contributed by atoms with Crippen molar-refractivity contribution in [3.05, 3.63) is 3.95 Å². The average molecular weight is 229 g/mol. The van der Waals surface area contributed by atoms with Crippen molar-refractivity contribution in [2.45, 2.75) is 20.3 Å². The number of nitrogens with zero attached hydrogens (tertiary/aromatic N) is 2. The third kappa shape index (κ3) is 1.98. The zero-order valence-corrected chi connectivity index (χ0v) is 10.1. The maximum Gasteiger partial charge on any atom is 0.206 e. The summed E-state index contributed by atoms with van der Waals surface area (Å²) >= 11 is 6.60. The number of H-pyrrole nitrogens is 1. The molecule has 0 amide bonds. The number of anilines is 1. The second-order valence-corrected chi connectivity index (χ2v) is 5.73. The van der Waals surface area contributed by atoms with E-state index in [0.29, 0.717) is 0 Å². The zero-order valence-electron chi connectivity index (χ0n) is 8.49. The van der Waals surface area contributed by atoms with Gasteiger partial charge in [0.05, 0.1) is 0 Å². The van der Waals surface area contributed by atoms with E-state index < -0.39 is 0 Å². The molecule has 1 saturated heterocycles. The van der Waals surface area contributed by atoms with Crippen molar-refractivity contribution in [3.8, 4) is 0 Å². The predicted octanol–water partition coefficient (Wildman–Crippen LogP) is 2.68. The molecule has 2 rings (SSSR count). The fourth-order valence-corrected chi connectivity index (χ4v) is 2.71. The zero-order chi connectivity index (χ0) is 10.1. The number of nitrogens with one attached hydrogen (secondary N) is 1. The Morgan fingerprint density at radius 2 is 2.29 bits per heavy atom. The van der Waals surface area contributed by atoms with Gasteiger partial charge in [-0.3, -0.25) is 5.10 Å². The molecule has 1 N–H and O–H groups in total. The van der Waals surface area contributed by atoms with Gasteiger partial charge in [-0.15, -0.1) is 5.10 Å². The minimum absolute atomic E-state index is 0.751. The van der Waals surface area contributed by atoms with Crippen LogP contribution in [0.15, 0.2) is 0 Å². The van der Waals surface area contributed by atoms with Crippen molar-refractivity contribution >= 4 is 28.7 Å². The van der Waals surface area contributed by atoms with Gasteiger partial charge in [0.25, 0.3) is 0 Å². The van der Waals surface area contributed by atoms with Crippen molar-refractivity contribution in [1.29, 1.82) is 0 Å². The van der Waals surface area contributed by atoms with Crippen molar-refractivity contribution in [3.63, 3.8) is 0 Å². The van der Waals surface area contributed by atoms with E-state index in [0.717, 1.165) is 34.0 Å². The molecule has 1 aliphatic heterocycles. The Bertz CT molecular complexity index is 357. The van der Waals surface area contributed by atoms with E-state index in [4.69, 9.17) is 12.2 Å². The van der Waals surface area contributed by atoms with Crippen molar-refractivity contribution < 1.29 is 0 Å². The first-order valence-corrected chi connectivity index (χ1v) is 6.19. The molecule has 0 spiro atoms. The van der Waals surface area contributed by atoms with Crippen molar-refractivity contribution in [2.75, 3.05) is 18.0 Å². The molecule has 0 aromatic carbocycles. The highest BCUT2D eigenvalue weighted by Crippen LogP contribution is 2.27. The second-order valence-electron chi connectivity index (χ2n) is 4.08. The van der Waals surface area contributed by atoms with Gasteiger partial charge >= 0.3 is 0 Å². The molecule has 2 unspecified atom stereocenters. The van der Waals surface area contributed by atoms with Crippen molar-refractivity contribution in [2.24, 2.45) is 11.8 Å². The Morgan fingerprint density at radius 3 is 2.86 bits per heavy atom. The average Bonchev–Trinajstić information content (AvgIpc) is 2.57. The monoisotopic (exact) mass is 229 g/mol. The summed E-state index contributed by atoms with van der Waals surface area (Å²) in [6, 6.07) is 0. The number of hydrogen-bond donors (Lipinski definition) is 1. The lowest BCUT2D eigenvalue weighted by molar-refractivity contribution is 0.323. The Hall–Kier alpha value is -0.420. The lowest BCUT2D eigenvalue weighted by atomic mass is 9.89. The minimum Gasteiger partial charge on any atom is -0.346 e. The first-order chi connectivity index (χ1) is 6.66. The minimum atomic E-state index is 0.751. The van der Waals surface area contributed by atoms with E-state index in [1.807, 2.05) is 0 Å². The van der Waals surface area contributed by atoms with Gasteiger partial charge in [-0.2, -0.15) is 0 Å². The Labute approximate surface area is 93.1 Å². The molecule has 5 heteroatoms. The normalized spacial score (nSPS) is 28.0. The predicted molar refractivity (Wildman–Crippen MR) is 62.5 cm³/mol. The maximum absolute atomic E-state index is 5.03. The molecule has 1 aromatic heterocycles. The molecular formula is C9H15N3S2. The van der Waals surface area contributed by atoms with Crippen LogP contribution in [0.5, 0.6) is 0 Å². The third-order valence-electron chi connectivity index (χ3n) is 3.03. The fourth-order valence-electron chi connectivity index (χ4n) is 1.79. The first kappa shape index (κ1) is 10.1. The van der Waals surface area contributed by atoms with Gasteiger partial charge in [0.15, 0.2) is 3.95 Å². The molecule has 0 bridgehead atoms. The van der Waals surface area contributed by atoms with Crippen LogP contribution in [0.1, 0.15) is 20.3 Å². The van der Waals surface area contributed by atoms with Crippen LogP contribution < -0.4 is 4.90 Å². The molecule has 1 aromatic rings. The van der Waals surface area contributed by atoms with Gasteiger partial charge in [0, 0.05) is 13.1 Å². The molecule has 1 fully saturated rings. The molecule has 1 aliphatic rings. The van der Waals surface area contributed by atoms with Crippen LogP contribution in [0.3, 0.4) is 0 Å². The second kappa shape index (κ2) is 3.98. The maximum atomic E-state index is 5.03. The quantitative estimate of drug-likeness (QED) is 0.751. The third-order valence-corrected chi connectivity index (χ3v) is 4.18. The number of aromatic nitrogens is 2. The van der Waals surface area contributed by atoms with Crippen LogP contribution in [0.2, 0.25) is 0 Å². The molecule has 2 heterocycles. The highest BCUT2D eigenvalue weighted by Gasteiger charge is 2.24. The van der Waals surface area contributed by atoms with Gasteiger partial charge in [0.1, 0.15) is 0 Å². The fraction of sp³-hybridized carbons (Fsp3) is 0.778. The standard InChI is InChI=1S/C9H15N3S2/c1-6-3-4-12(5-7(6)2)8-10-11-9(13)14-8/h6-7H,3-5H2,1-2H3,(H,11,13). The molecule has 0 radical (unpaired) electrons. The Morgan fingerprint density at radius 1 is 1.50 bits per heavy atom. The molecule has 0 aliphatic carbocycles. The van der Waals surface area contributed by atoms with E-state index >= 15 is 0 Å². The molecule has 78 valence electrons. The SMILES string of the molecule is CC1CCN(c2n[nH]c(=S)s2)CC1C. The summed E-state index contributed by atoms with van der Waals surface area (Å²) in [6.45, 7) is 6.86. The summed E-state index contributed by atoms with van der Waals surface area (Å²) in [5.74, 6) is 1.58. The van der Waals surface area contributed by atoms with Gasteiger partial charge in [-0.05, 0) is 30.5 Å². The van der Waals surface area contributed by atoms with Gasteiger partial charge in [-0.25, -0.2) is 0 Å². The van der Waals surface area contributed by atoms with Gasteiger partial charge in [0.2, 0.25) is 5.13 Å². The largest absolute Gasteiger partial charge is 0.346 e.